The highest BCUT2D eigenvalue weighted by atomic mass is 32.2. The molecule has 2 aromatic rings. The van der Waals surface area contributed by atoms with Gasteiger partial charge in [-0.3, -0.25) is 9.52 Å². The number of nitrogens with zero attached hydrogens (tertiary/aromatic N) is 1. The normalized spacial score (nSPS) is 24.6. The summed E-state index contributed by atoms with van der Waals surface area (Å²) in [6.07, 6.45) is 3.46. The molecule has 3 aliphatic rings. The smallest absolute Gasteiger partial charge is 0.261 e. The van der Waals surface area contributed by atoms with E-state index in [9.17, 15) is 13.2 Å². The first-order chi connectivity index (χ1) is 12.9. The third kappa shape index (κ3) is 4.34. The standard InChI is InChI=1S/C19H23N3O3S2/c1-27(24,25)21-15-4-2-3-14(11-15)17-5-6-18(26-17)19(23)20-16-12-22-9-7-13(16)8-10-22/h2-6,11,13,16,21H,7-10,12H2,1H3,(H,20,23). The number of sulfonamides is 1. The maximum Gasteiger partial charge on any atom is 0.261 e. The van der Waals surface area contributed by atoms with Crippen LogP contribution in [0.25, 0.3) is 10.4 Å². The number of thiophene rings is 1. The molecule has 1 aromatic carbocycles. The molecular weight excluding hydrogens is 382 g/mol. The molecule has 1 atom stereocenters. The van der Waals surface area contributed by atoms with E-state index in [-0.39, 0.29) is 11.9 Å². The summed E-state index contributed by atoms with van der Waals surface area (Å²) in [4.78, 5) is 16.7. The Morgan fingerprint density at radius 3 is 2.63 bits per heavy atom. The average Bonchev–Trinajstić information content (AvgIpc) is 3.12. The molecule has 27 heavy (non-hydrogen) atoms. The van der Waals surface area contributed by atoms with Crippen molar-refractivity contribution < 1.29 is 13.2 Å². The van der Waals surface area contributed by atoms with Crippen molar-refractivity contribution >= 4 is 33.0 Å². The summed E-state index contributed by atoms with van der Waals surface area (Å²) in [7, 11) is -3.32. The van der Waals surface area contributed by atoms with Gasteiger partial charge in [0.25, 0.3) is 5.91 Å². The number of carbonyl (C=O) groups is 1. The number of fused-ring (bicyclic) bond motifs is 3. The van der Waals surface area contributed by atoms with E-state index in [1.807, 2.05) is 18.2 Å². The Labute approximate surface area is 163 Å². The van der Waals surface area contributed by atoms with Crippen molar-refractivity contribution in [2.75, 3.05) is 30.6 Å². The van der Waals surface area contributed by atoms with E-state index in [0.717, 1.165) is 36.3 Å². The van der Waals surface area contributed by atoms with Crippen LogP contribution >= 0.6 is 11.3 Å². The van der Waals surface area contributed by atoms with Crippen molar-refractivity contribution in [3.63, 3.8) is 0 Å². The number of hydrogen-bond donors (Lipinski definition) is 2. The zero-order valence-corrected chi connectivity index (χ0v) is 16.8. The van der Waals surface area contributed by atoms with Gasteiger partial charge in [-0.15, -0.1) is 11.3 Å². The number of piperidine rings is 3. The second-order valence-electron chi connectivity index (χ2n) is 7.34. The molecule has 0 aliphatic carbocycles. The van der Waals surface area contributed by atoms with Crippen molar-refractivity contribution in [2.24, 2.45) is 5.92 Å². The lowest BCUT2D eigenvalue weighted by atomic mass is 9.84. The lowest BCUT2D eigenvalue weighted by Gasteiger charge is -2.44. The Balaban J connectivity index is 1.47. The Morgan fingerprint density at radius 1 is 1.19 bits per heavy atom. The van der Waals surface area contributed by atoms with Crippen LogP contribution in [-0.2, 0) is 10.0 Å². The number of hydrogen-bond acceptors (Lipinski definition) is 5. The maximum atomic E-state index is 12.7. The molecule has 1 unspecified atom stereocenters. The molecule has 0 spiro atoms. The lowest BCUT2D eigenvalue weighted by molar-refractivity contribution is 0.0622. The SMILES string of the molecule is CS(=O)(=O)Nc1cccc(-c2ccc(C(=O)NC3CN4CCC3CC4)s2)c1. The number of rotatable bonds is 5. The first kappa shape index (κ1) is 18.5. The third-order valence-corrected chi connectivity index (χ3v) is 6.99. The summed E-state index contributed by atoms with van der Waals surface area (Å²) >= 11 is 1.43. The van der Waals surface area contributed by atoms with Crippen molar-refractivity contribution in [2.45, 2.75) is 18.9 Å². The van der Waals surface area contributed by atoms with E-state index in [0.29, 0.717) is 16.5 Å². The Morgan fingerprint density at radius 2 is 1.96 bits per heavy atom. The quantitative estimate of drug-likeness (QED) is 0.802. The first-order valence-corrected chi connectivity index (χ1v) is 11.8. The molecule has 2 N–H and O–H groups in total. The summed E-state index contributed by atoms with van der Waals surface area (Å²) in [6, 6.07) is 11.2. The minimum absolute atomic E-state index is 0.0181. The molecule has 0 saturated carbocycles. The Kier molecular flexibility index (Phi) is 4.96. The van der Waals surface area contributed by atoms with Gasteiger partial charge in [0.05, 0.1) is 11.1 Å². The molecule has 5 rings (SSSR count). The molecule has 3 fully saturated rings. The minimum atomic E-state index is -3.32. The van der Waals surface area contributed by atoms with Gasteiger partial charge in [0.2, 0.25) is 10.0 Å². The van der Waals surface area contributed by atoms with Crippen molar-refractivity contribution in [3.8, 4) is 10.4 Å². The second kappa shape index (κ2) is 7.26. The van der Waals surface area contributed by atoms with Crippen LogP contribution in [0.2, 0.25) is 0 Å². The number of amides is 1. The zero-order valence-electron chi connectivity index (χ0n) is 15.1. The fourth-order valence-corrected chi connectivity index (χ4v) is 5.39. The largest absolute Gasteiger partial charge is 0.347 e. The summed E-state index contributed by atoms with van der Waals surface area (Å²) < 4.78 is 25.3. The van der Waals surface area contributed by atoms with Crippen LogP contribution in [0.5, 0.6) is 0 Å². The Bertz CT molecular complexity index is 947. The van der Waals surface area contributed by atoms with Gasteiger partial charge in [0.15, 0.2) is 0 Å². The van der Waals surface area contributed by atoms with E-state index in [1.54, 1.807) is 18.2 Å². The van der Waals surface area contributed by atoms with Crippen LogP contribution < -0.4 is 10.0 Å². The van der Waals surface area contributed by atoms with Crippen molar-refractivity contribution in [3.05, 3.63) is 41.3 Å². The van der Waals surface area contributed by atoms with Gasteiger partial charge in [0.1, 0.15) is 0 Å². The van der Waals surface area contributed by atoms with E-state index in [2.05, 4.69) is 14.9 Å². The summed E-state index contributed by atoms with van der Waals surface area (Å²) in [6.45, 7) is 3.25. The average molecular weight is 406 g/mol. The van der Waals surface area contributed by atoms with Crippen LogP contribution in [0.4, 0.5) is 5.69 Å². The monoisotopic (exact) mass is 405 g/mol. The van der Waals surface area contributed by atoms with E-state index in [4.69, 9.17) is 0 Å². The van der Waals surface area contributed by atoms with Crippen LogP contribution in [0.15, 0.2) is 36.4 Å². The molecule has 144 valence electrons. The lowest BCUT2D eigenvalue weighted by Crippen LogP contribution is -2.57. The molecule has 0 radical (unpaired) electrons. The summed E-state index contributed by atoms with van der Waals surface area (Å²) in [5.41, 5.74) is 1.40. The fraction of sp³-hybridized carbons (Fsp3) is 0.421. The molecule has 4 heterocycles. The predicted octanol–water partition coefficient (Wildman–Crippen LogP) is 2.61. The number of carbonyl (C=O) groups excluding carboxylic acids is 1. The molecule has 3 aliphatic heterocycles. The van der Waals surface area contributed by atoms with Crippen LogP contribution in [0, 0.1) is 5.92 Å². The van der Waals surface area contributed by atoms with Gasteiger partial charge < -0.3 is 10.2 Å². The molecule has 6 nitrogen and oxygen atoms in total. The third-order valence-electron chi connectivity index (χ3n) is 5.25. The van der Waals surface area contributed by atoms with Gasteiger partial charge in [0, 0.05) is 23.2 Å². The van der Waals surface area contributed by atoms with Crippen molar-refractivity contribution in [1.29, 1.82) is 0 Å². The molecule has 1 aromatic heterocycles. The van der Waals surface area contributed by atoms with E-state index >= 15 is 0 Å². The van der Waals surface area contributed by atoms with Crippen LogP contribution in [0.3, 0.4) is 0 Å². The molecule has 8 heteroatoms. The molecule has 3 saturated heterocycles. The zero-order chi connectivity index (χ0) is 19.0. The molecule has 2 bridgehead atoms. The maximum absolute atomic E-state index is 12.7. The van der Waals surface area contributed by atoms with Gasteiger partial charge in [-0.05, 0) is 61.7 Å². The second-order valence-corrected chi connectivity index (χ2v) is 10.2. The number of nitrogens with one attached hydrogen (secondary N) is 2. The molecule has 1 amide bonds. The van der Waals surface area contributed by atoms with Gasteiger partial charge in [-0.1, -0.05) is 12.1 Å². The highest BCUT2D eigenvalue weighted by Gasteiger charge is 2.35. The highest BCUT2D eigenvalue weighted by Crippen LogP contribution is 2.31. The van der Waals surface area contributed by atoms with E-state index < -0.39 is 10.0 Å². The first-order valence-electron chi connectivity index (χ1n) is 9.09. The fourth-order valence-electron chi connectivity index (χ4n) is 3.93. The van der Waals surface area contributed by atoms with Gasteiger partial charge >= 0.3 is 0 Å². The topological polar surface area (TPSA) is 78.5 Å². The minimum Gasteiger partial charge on any atom is -0.347 e. The van der Waals surface area contributed by atoms with Crippen molar-refractivity contribution in [1.82, 2.24) is 10.2 Å². The molecular formula is C19H23N3O3S2. The highest BCUT2D eigenvalue weighted by molar-refractivity contribution is 7.92. The number of anilines is 1. The van der Waals surface area contributed by atoms with Crippen LogP contribution in [-0.4, -0.2) is 51.2 Å². The summed E-state index contributed by atoms with van der Waals surface area (Å²) in [5.74, 6) is 0.576. The summed E-state index contributed by atoms with van der Waals surface area (Å²) in [5, 5.41) is 3.21. The van der Waals surface area contributed by atoms with Gasteiger partial charge in [-0.2, -0.15) is 0 Å². The van der Waals surface area contributed by atoms with E-state index in [1.165, 1.54) is 24.2 Å². The Hall–Kier alpha value is -1.90. The number of benzene rings is 1. The van der Waals surface area contributed by atoms with Gasteiger partial charge in [-0.25, -0.2) is 8.42 Å². The predicted molar refractivity (Wildman–Crippen MR) is 109 cm³/mol. The van der Waals surface area contributed by atoms with Crippen LogP contribution in [0.1, 0.15) is 22.5 Å².